The number of aryl methyl sites for hydroxylation is 2. The number of carbonyl (C=O) groups is 3. The molecule has 6 aliphatic heterocycles. The third kappa shape index (κ3) is 23.3. The van der Waals surface area contributed by atoms with Crippen LogP contribution in [0.2, 0.25) is 0 Å². The largest absolute Gasteiger partial charge is 0.507 e. The molecule has 5 aromatic heterocycles. The number of morpholine rings is 1. The number of phenolic OH excluding ortho intramolecular Hbond substituents is 3. The highest BCUT2D eigenvalue weighted by molar-refractivity contribution is 5.84. The number of benzene rings is 5. The molecule has 11 heterocycles. The van der Waals surface area contributed by atoms with Gasteiger partial charge in [0, 0.05) is 122 Å². The second-order valence-corrected chi connectivity index (χ2v) is 32.1. The number of hydrogen-bond acceptors (Lipinski definition) is 23. The number of anilines is 4. The van der Waals surface area contributed by atoms with Crippen LogP contribution in [0.4, 0.5) is 32.1 Å². The van der Waals surface area contributed by atoms with Gasteiger partial charge in [-0.25, -0.2) is 28.7 Å². The third-order valence-electron chi connectivity index (χ3n) is 21.9. The zero-order valence-electron chi connectivity index (χ0n) is 70.4. The second-order valence-electron chi connectivity index (χ2n) is 32.1. The minimum Gasteiger partial charge on any atom is -0.507 e. The van der Waals surface area contributed by atoms with E-state index in [1.54, 1.807) is 73.1 Å². The topological polar surface area (TPSA) is 260 Å². The van der Waals surface area contributed by atoms with Crippen molar-refractivity contribution in [3.8, 4) is 46.0 Å². The van der Waals surface area contributed by atoms with Gasteiger partial charge in [-0.3, -0.25) is 19.4 Å². The summed E-state index contributed by atoms with van der Waals surface area (Å²) in [7, 11) is 2.14. The maximum atomic E-state index is 13.4. The van der Waals surface area contributed by atoms with Gasteiger partial charge in [0.25, 0.3) is 0 Å². The molecule has 638 valence electrons. The average Bonchev–Trinajstić information content (AvgIpc) is 1.02. The molecule has 25 heteroatoms. The Hall–Kier alpha value is -12.6. The summed E-state index contributed by atoms with van der Waals surface area (Å²) in [6.07, 6.45) is 19.7. The van der Waals surface area contributed by atoms with Gasteiger partial charge in [0.2, 0.25) is 0 Å². The first-order chi connectivity index (χ1) is 59.0. The SMILES string of the molecule is C=Cc1c(O)cccc1OCc1cccnc1N1CC2CCC(C1)O2.C=Cc1c(O)cccc1OCc1cccnc1N1CC[C@H](F)C1.Cc1cccc(OCc2cccnc2C2=CC(C)(C)NC(C)(C)C2)c1C=O.Cc1cccc(OCc2cccnc2N2CCN(C)CC2)c1C=O.O=Cc1c(O)cccc1OCc1cccnc1N1CC[C@@H](F)C1. The van der Waals surface area contributed by atoms with Crippen molar-refractivity contribution in [2.24, 2.45) is 0 Å². The lowest BCUT2D eigenvalue weighted by Gasteiger charge is -2.41. The first kappa shape index (κ1) is 88.7. The average molecular weight is 1660 g/mol. The standard InChI is InChI=1S/C23H28N2O2.C20H22N2O3.C19H23N3O2.C18H19FN2O2.C17H17FN2O3/c1-16-8-6-10-20(19(16)14-26)27-15-17-9-7-11-24-21(17)18-12-22(2,3)25-23(4,5)13-18;1-2-17-18(23)6-3-7-19(17)24-13-14-5-4-10-21-20(14)22-11-15-8-9-16(12-22)25-15;1-15-5-3-7-18(17(15)13-23)24-14-16-6-4-8-20-19(16)22-11-9-21(2)10-12-22;1-2-15-16(22)6-3-7-17(15)23-12-13-5-4-9-20-18(13)21-10-8-14(19)11-21;18-13-6-8-20(9-13)17-12(3-2-7-19-17)11-23-16-5-1-4-15(22)14(16)10-21/h6-12,14,25H,13,15H2,1-5H3;2-7,10,15-16,23H,1,8-9,11-13H2;3-8,13H,9-12,14H2,1-2H3;2-7,9,14,22H,1,8,10-12H2;1-5,7,10,13,22H,6,8-9,11H2/t;;;14-;13-/m...01/s1. The molecule has 23 nitrogen and oxygen atoms in total. The van der Waals surface area contributed by atoms with Gasteiger partial charge in [0.15, 0.2) is 18.9 Å². The van der Waals surface area contributed by atoms with Gasteiger partial charge in [0.05, 0.1) is 58.8 Å². The number of carbonyl (C=O) groups excluding carboxylic acids is 3. The van der Waals surface area contributed by atoms with Crippen molar-refractivity contribution >= 4 is 59.9 Å². The van der Waals surface area contributed by atoms with Crippen molar-refractivity contribution in [2.45, 2.75) is 142 Å². The van der Waals surface area contributed by atoms with Crippen LogP contribution in [0.5, 0.6) is 46.0 Å². The molecule has 0 saturated carbocycles. The molecule has 122 heavy (non-hydrogen) atoms. The van der Waals surface area contributed by atoms with E-state index in [1.807, 2.05) is 139 Å². The van der Waals surface area contributed by atoms with Crippen LogP contribution in [0.3, 0.4) is 0 Å². The van der Waals surface area contributed by atoms with Gasteiger partial charge in [-0.05, 0) is 176 Å². The Morgan fingerprint density at radius 3 is 1.17 bits per heavy atom. The monoisotopic (exact) mass is 1660 g/mol. The molecule has 2 unspecified atom stereocenters. The lowest BCUT2D eigenvalue weighted by Crippen LogP contribution is -2.53. The van der Waals surface area contributed by atoms with Gasteiger partial charge in [-0.15, -0.1) is 0 Å². The van der Waals surface area contributed by atoms with Crippen molar-refractivity contribution < 1.29 is 66.9 Å². The van der Waals surface area contributed by atoms with E-state index in [-0.39, 0.29) is 40.5 Å². The second kappa shape index (κ2) is 42.1. The third-order valence-corrected chi connectivity index (χ3v) is 21.9. The quantitative estimate of drug-likeness (QED) is 0.0388. The molecule has 5 saturated heterocycles. The Morgan fingerprint density at radius 2 is 0.787 bits per heavy atom. The number of likely N-dealkylation sites (N-methyl/N-ethyl adjacent to an activating group) is 1. The molecular formula is C97H109F2N11O12. The summed E-state index contributed by atoms with van der Waals surface area (Å²) in [5, 5.41) is 33.1. The van der Waals surface area contributed by atoms with Gasteiger partial charge in [0.1, 0.15) is 115 Å². The van der Waals surface area contributed by atoms with Crippen LogP contribution in [0.1, 0.15) is 147 Å². The van der Waals surface area contributed by atoms with Crippen LogP contribution < -0.4 is 48.6 Å². The molecule has 4 N–H and O–H groups in total. The molecule has 5 fully saturated rings. The molecule has 0 spiro atoms. The zero-order valence-corrected chi connectivity index (χ0v) is 70.4. The predicted molar refractivity (Wildman–Crippen MR) is 473 cm³/mol. The number of pyridine rings is 5. The van der Waals surface area contributed by atoms with E-state index >= 15 is 0 Å². The van der Waals surface area contributed by atoms with Crippen LogP contribution in [0, 0.1) is 13.8 Å². The molecular weight excluding hydrogens is 1550 g/mol. The fourth-order valence-corrected chi connectivity index (χ4v) is 16.0. The lowest BCUT2D eigenvalue weighted by molar-refractivity contribution is 0.0301. The smallest absolute Gasteiger partial charge is 0.157 e. The highest BCUT2D eigenvalue weighted by Gasteiger charge is 2.37. The number of fused-ring (bicyclic) bond motifs is 2. The fourth-order valence-electron chi connectivity index (χ4n) is 16.0. The van der Waals surface area contributed by atoms with E-state index in [4.69, 9.17) is 28.4 Å². The summed E-state index contributed by atoms with van der Waals surface area (Å²) in [5.74, 6) is 6.28. The number of alkyl halides is 2. The zero-order chi connectivity index (χ0) is 86.3. The number of aromatic hydroxyl groups is 3. The van der Waals surface area contributed by atoms with Crippen LogP contribution in [0.25, 0.3) is 17.7 Å². The van der Waals surface area contributed by atoms with Gasteiger partial charge >= 0.3 is 0 Å². The number of aromatic nitrogens is 5. The van der Waals surface area contributed by atoms with Crippen LogP contribution in [-0.2, 0) is 37.8 Å². The number of rotatable bonds is 25. The van der Waals surface area contributed by atoms with Crippen molar-refractivity contribution in [1.82, 2.24) is 35.1 Å². The van der Waals surface area contributed by atoms with E-state index in [0.717, 1.165) is 133 Å². The van der Waals surface area contributed by atoms with E-state index in [1.165, 1.54) is 11.6 Å². The van der Waals surface area contributed by atoms with Crippen molar-refractivity contribution in [3.05, 3.63) is 274 Å². The number of aldehydes is 3. The Morgan fingerprint density at radius 1 is 0.434 bits per heavy atom. The van der Waals surface area contributed by atoms with Crippen LogP contribution in [-0.4, -0.2) is 172 Å². The molecule has 2 bridgehead atoms. The van der Waals surface area contributed by atoms with Crippen LogP contribution >= 0.6 is 0 Å². The lowest BCUT2D eigenvalue weighted by atomic mass is 9.81. The van der Waals surface area contributed by atoms with E-state index in [2.05, 4.69) is 98.9 Å². The maximum absolute atomic E-state index is 13.4. The summed E-state index contributed by atoms with van der Waals surface area (Å²) in [6, 6.07) is 45.6. The maximum Gasteiger partial charge on any atom is 0.157 e. The Kier molecular flexibility index (Phi) is 30.6. The number of halogens is 2. The summed E-state index contributed by atoms with van der Waals surface area (Å²) in [6.45, 7) is 29.4. The highest BCUT2D eigenvalue weighted by Crippen LogP contribution is 2.39. The number of nitrogens with zero attached hydrogens (tertiary/aromatic N) is 10. The summed E-state index contributed by atoms with van der Waals surface area (Å²) >= 11 is 0. The highest BCUT2D eigenvalue weighted by atomic mass is 19.1. The summed E-state index contributed by atoms with van der Waals surface area (Å²) in [5.41, 5.74) is 11.2. The number of hydrogen-bond donors (Lipinski definition) is 4. The minimum absolute atomic E-state index is 0.00946. The van der Waals surface area contributed by atoms with Gasteiger partial charge < -0.3 is 73.6 Å². The molecule has 0 radical (unpaired) electrons. The number of phenols is 3. The molecule has 4 atom stereocenters. The normalized spacial score (nSPS) is 18.0. The van der Waals surface area contributed by atoms with E-state index < -0.39 is 12.3 Å². The Bertz CT molecular complexity index is 5140. The molecule has 6 aliphatic rings. The Balaban J connectivity index is 0.000000140. The molecule has 10 aromatic rings. The van der Waals surface area contributed by atoms with Gasteiger partial charge in [-0.2, -0.15) is 0 Å². The van der Waals surface area contributed by atoms with Crippen molar-refractivity contribution in [3.63, 3.8) is 0 Å². The predicted octanol–water partition coefficient (Wildman–Crippen LogP) is 16.9. The van der Waals surface area contributed by atoms with Crippen molar-refractivity contribution in [2.75, 3.05) is 92.1 Å². The van der Waals surface area contributed by atoms with Crippen molar-refractivity contribution in [1.29, 1.82) is 0 Å². The fraction of sp³-hybridized carbons (Fsp3) is 0.340. The van der Waals surface area contributed by atoms with E-state index in [0.29, 0.717) is 141 Å². The Labute approximate surface area is 713 Å². The number of piperazine rings is 1. The van der Waals surface area contributed by atoms with Crippen LogP contribution in [0.15, 0.2) is 202 Å². The molecule has 5 aromatic carbocycles. The summed E-state index contributed by atoms with van der Waals surface area (Å²) < 4.78 is 62.2. The van der Waals surface area contributed by atoms with E-state index in [9.17, 15) is 38.5 Å². The minimum atomic E-state index is -0.835. The number of ether oxygens (including phenoxy) is 6. The molecule has 0 amide bonds. The first-order valence-electron chi connectivity index (χ1n) is 41.2. The molecule has 16 rings (SSSR count). The first-order valence-corrected chi connectivity index (χ1v) is 41.2. The summed E-state index contributed by atoms with van der Waals surface area (Å²) in [4.78, 5) is 67.1. The molecule has 0 aliphatic carbocycles. The van der Waals surface area contributed by atoms with Gasteiger partial charge in [-0.1, -0.05) is 104 Å². The number of nitrogens with one attached hydrogen (secondary N) is 1.